The Balaban J connectivity index is 3.12. The second-order valence-corrected chi connectivity index (χ2v) is 2.28. The maximum atomic E-state index is 10.8. The molecular formula is C9H14O2. The fraction of sp³-hybridized carbons (Fsp3) is 0.667. The van der Waals surface area contributed by atoms with Crippen LogP contribution < -0.4 is 0 Å². The number of hydrogen-bond donors (Lipinski definition) is 0. The molecule has 0 fully saturated rings. The third kappa shape index (κ3) is 7.08. The third-order valence-electron chi connectivity index (χ3n) is 1.17. The number of terminal acetylenes is 1. The Labute approximate surface area is 67.9 Å². The van der Waals surface area contributed by atoms with Crippen LogP contribution in [0.3, 0.4) is 0 Å². The zero-order valence-electron chi connectivity index (χ0n) is 6.93. The van der Waals surface area contributed by atoms with Gasteiger partial charge in [-0.25, -0.2) is 0 Å². The molecule has 0 amide bonds. The first-order valence-corrected chi connectivity index (χ1v) is 3.84. The minimum Gasteiger partial charge on any atom is -0.381 e. The maximum absolute atomic E-state index is 10.8. The molecule has 0 radical (unpaired) electrons. The summed E-state index contributed by atoms with van der Waals surface area (Å²) in [6, 6.07) is 0. The molecule has 2 heteroatoms. The van der Waals surface area contributed by atoms with E-state index in [1.165, 1.54) is 0 Å². The summed E-state index contributed by atoms with van der Waals surface area (Å²) in [5, 5.41) is 0. The van der Waals surface area contributed by atoms with Crippen LogP contribution in [0.4, 0.5) is 0 Å². The molecular weight excluding hydrogens is 140 g/mol. The lowest BCUT2D eigenvalue weighted by atomic mass is 10.2. The first kappa shape index (κ1) is 10.2. The largest absolute Gasteiger partial charge is 0.381 e. The van der Waals surface area contributed by atoms with Crippen LogP contribution in [0.15, 0.2) is 0 Å². The van der Waals surface area contributed by atoms with Gasteiger partial charge in [0.2, 0.25) is 0 Å². The number of rotatable bonds is 6. The van der Waals surface area contributed by atoms with Gasteiger partial charge in [-0.15, -0.1) is 6.42 Å². The quantitative estimate of drug-likeness (QED) is 0.427. The highest BCUT2D eigenvalue weighted by atomic mass is 16.5. The van der Waals surface area contributed by atoms with Crippen molar-refractivity contribution in [3.8, 4) is 12.3 Å². The molecule has 0 spiro atoms. The van der Waals surface area contributed by atoms with E-state index < -0.39 is 0 Å². The Bertz CT molecular complexity index is 144. The summed E-state index contributed by atoms with van der Waals surface area (Å²) in [6.07, 6.45) is 6.62. The highest BCUT2D eigenvalue weighted by Crippen LogP contribution is 1.90. The lowest BCUT2D eigenvalue weighted by molar-refractivity contribution is -0.119. The summed E-state index contributed by atoms with van der Waals surface area (Å²) in [5.74, 6) is 2.39. The van der Waals surface area contributed by atoms with Crippen molar-refractivity contribution in [1.82, 2.24) is 0 Å². The second-order valence-electron chi connectivity index (χ2n) is 2.28. The van der Waals surface area contributed by atoms with Crippen LogP contribution in [0.2, 0.25) is 0 Å². The highest BCUT2D eigenvalue weighted by Gasteiger charge is 1.97. The van der Waals surface area contributed by atoms with Gasteiger partial charge in [0.1, 0.15) is 5.78 Å². The van der Waals surface area contributed by atoms with Crippen molar-refractivity contribution in [1.29, 1.82) is 0 Å². The summed E-state index contributed by atoms with van der Waals surface area (Å²) < 4.78 is 5.11. The topological polar surface area (TPSA) is 26.3 Å². The number of hydrogen-bond acceptors (Lipinski definition) is 2. The van der Waals surface area contributed by atoms with Crippen LogP contribution in [0.5, 0.6) is 0 Å². The van der Waals surface area contributed by atoms with Crippen LogP contribution in [-0.2, 0) is 9.53 Å². The molecule has 0 saturated carbocycles. The first-order valence-electron chi connectivity index (χ1n) is 3.84. The zero-order valence-corrected chi connectivity index (χ0v) is 6.93. The monoisotopic (exact) mass is 154 g/mol. The lowest BCUT2D eigenvalue weighted by Gasteiger charge is -1.98. The molecule has 0 aliphatic rings. The minimum atomic E-state index is 0.0867. The van der Waals surface area contributed by atoms with Crippen LogP contribution >= 0.6 is 0 Å². The number of Topliss-reactive ketones (excluding diaryl/α,β-unsaturated/α-hetero) is 1. The SMILES string of the molecule is C#CCC(=O)CCOCCC. The molecule has 0 unspecified atom stereocenters. The first-order chi connectivity index (χ1) is 5.31. The Hall–Kier alpha value is -0.810. The summed E-state index contributed by atoms with van der Waals surface area (Å²) in [6.45, 7) is 3.26. The van der Waals surface area contributed by atoms with Gasteiger partial charge in [0.05, 0.1) is 13.0 Å². The van der Waals surface area contributed by atoms with E-state index in [2.05, 4.69) is 5.92 Å². The van der Waals surface area contributed by atoms with E-state index in [0.717, 1.165) is 13.0 Å². The van der Waals surface area contributed by atoms with E-state index in [9.17, 15) is 4.79 Å². The van der Waals surface area contributed by atoms with Crippen LogP contribution in [0.1, 0.15) is 26.2 Å². The van der Waals surface area contributed by atoms with Gasteiger partial charge >= 0.3 is 0 Å². The van der Waals surface area contributed by atoms with E-state index in [0.29, 0.717) is 13.0 Å². The van der Waals surface area contributed by atoms with E-state index >= 15 is 0 Å². The van der Waals surface area contributed by atoms with Crippen molar-refractivity contribution >= 4 is 5.78 Å². The molecule has 0 aromatic rings. The van der Waals surface area contributed by atoms with Crippen molar-refractivity contribution < 1.29 is 9.53 Å². The molecule has 0 N–H and O–H groups in total. The second kappa shape index (κ2) is 7.30. The van der Waals surface area contributed by atoms with Gasteiger partial charge in [0.25, 0.3) is 0 Å². The van der Waals surface area contributed by atoms with Crippen molar-refractivity contribution in [2.45, 2.75) is 26.2 Å². The molecule has 0 atom stereocenters. The minimum absolute atomic E-state index is 0.0867. The molecule has 0 rings (SSSR count). The van der Waals surface area contributed by atoms with E-state index in [-0.39, 0.29) is 12.2 Å². The molecule has 0 bridgehead atoms. The standard InChI is InChI=1S/C9H14O2/c1-3-5-9(10)6-8-11-7-4-2/h1H,4-8H2,2H3. The summed E-state index contributed by atoms with van der Waals surface area (Å²) in [5.41, 5.74) is 0. The van der Waals surface area contributed by atoms with E-state index in [1.54, 1.807) is 0 Å². The Kier molecular flexibility index (Phi) is 6.76. The molecule has 0 aliphatic heterocycles. The van der Waals surface area contributed by atoms with Crippen molar-refractivity contribution in [2.24, 2.45) is 0 Å². The van der Waals surface area contributed by atoms with Crippen LogP contribution in [0.25, 0.3) is 0 Å². The maximum Gasteiger partial charge on any atom is 0.147 e. The smallest absolute Gasteiger partial charge is 0.147 e. The summed E-state index contributed by atoms with van der Waals surface area (Å²) in [4.78, 5) is 10.8. The fourth-order valence-corrected chi connectivity index (χ4v) is 0.635. The Morgan fingerprint density at radius 3 is 2.82 bits per heavy atom. The average Bonchev–Trinajstić information content (AvgIpc) is 1.99. The normalized spacial score (nSPS) is 9.09. The molecule has 0 aromatic heterocycles. The van der Waals surface area contributed by atoms with Crippen LogP contribution in [0, 0.1) is 12.3 Å². The molecule has 2 nitrogen and oxygen atoms in total. The van der Waals surface area contributed by atoms with Gasteiger partial charge in [0.15, 0.2) is 0 Å². The number of ether oxygens (including phenoxy) is 1. The Morgan fingerprint density at radius 1 is 1.55 bits per heavy atom. The summed E-state index contributed by atoms with van der Waals surface area (Å²) >= 11 is 0. The predicted octanol–water partition coefficient (Wildman–Crippen LogP) is 1.40. The highest BCUT2D eigenvalue weighted by molar-refractivity contribution is 5.80. The van der Waals surface area contributed by atoms with E-state index in [4.69, 9.17) is 11.2 Å². The van der Waals surface area contributed by atoms with Crippen molar-refractivity contribution in [2.75, 3.05) is 13.2 Å². The number of ketones is 1. The number of carbonyl (C=O) groups is 1. The predicted molar refractivity (Wildman–Crippen MR) is 44.2 cm³/mol. The van der Waals surface area contributed by atoms with Gasteiger partial charge in [-0.2, -0.15) is 0 Å². The zero-order chi connectivity index (χ0) is 8.53. The van der Waals surface area contributed by atoms with Gasteiger partial charge in [-0.05, 0) is 6.42 Å². The molecule has 0 saturated heterocycles. The average molecular weight is 154 g/mol. The molecule has 11 heavy (non-hydrogen) atoms. The number of carbonyl (C=O) groups excluding carboxylic acids is 1. The molecule has 0 aromatic carbocycles. The van der Waals surface area contributed by atoms with Crippen molar-refractivity contribution in [3.05, 3.63) is 0 Å². The lowest BCUT2D eigenvalue weighted by Crippen LogP contribution is -2.03. The van der Waals surface area contributed by atoms with Gasteiger partial charge in [0, 0.05) is 13.0 Å². The molecule has 0 aliphatic carbocycles. The van der Waals surface area contributed by atoms with Gasteiger partial charge in [-0.1, -0.05) is 12.8 Å². The Morgan fingerprint density at radius 2 is 2.27 bits per heavy atom. The third-order valence-corrected chi connectivity index (χ3v) is 1.17. The summed E-state index contributed by atoms with van der Waals surface area (Å²) in [7, 11) is 0. The van der Waals surface area contributed by atoms with Crippen LogP contribution in [-0.4, -0.2) is 19.0 Å². The van der Waals surface area contributed by atoms with Gasteiger partial charge in [-0.3, -0.25) is 4.79 Å². The molecule has 0 heterocycles. The van der Waals surface area contributed by atoms with Gasteiger partial charge < -0.3 is 4.74 Å². The van der Waals surface area contributed by atoms with E-state index in [1.807, 2.05) is 6.92 Å². The fourth-order valence-electron chi connectivity index (χ4n) is 0.635. The molecule has 62 valence electrons. The van der Waals surface area contributed by atoms with Crippen molar-refractivity contribution in [3.63, 3.8) is 0 Å².